The summed E-state index contributed by atoms with van der Waals surface area (Å²) < 4.78 is 21.3. The van der Waals surface area contributed by atoms with Gasteiger partial charge in [0.1, 0.15) is 11.4 Å². The molecule has 2 amide bonds. The molecule has 3 aromatic heterocycles. The largest absolute Gasteiger partial charge is 0.508 e. The number of aryl methyl sites for hydroxylation is 1. The van der Waals surface area contributed by atoms with E-state index in [0.29, 0.717) is 71.4 Å². The molecule has 0 radical (unpaired) electrons. The maximum atomic E-state index is 15.3. The third-order valence-corrected chi connectivity index (χ3v) is 11.4. The number of aromatic hydroxyl groups is 1. The van der Waals surface area contributed by atoms with Gasteiger partial charge in [-0.15, -0.1) is 0 Å². The zero-order chi connectivity index (χ0) is 38.5. The van der Waals surface area contributed by atoms with E-state index in [1.165, 1.54) is 5.56 Å². The van der Waals surface area contributed by atoms with Gasteiger partial charge in [0.05, 0.1) is 36.2 Å². The smallest absolute Gasteiger partial charge is 0.264 e. The molecular weight excluding hydrogens is 709 g/mol. The quantitative estimate of drug-likeness (QED) is 0.189. The van der Waals surface area contributed by atoms with Gasteiger partial charge in [-0.1, -0.05) is 24.3 Å². The number of fused-ring (bicyclic) bond motifs is 3. The Morgan fingerprint density at radius 1 is 0.893 bits per heavy atom. The Kier molecular flexibility index (Phi) is 9.22. The van der Waals surface area contributed by atoms with Gasteiger partial charge in [-0.2, -0.15) is 0 Å². The van der Waals surface area contributed by atoms with Crippen LogP contribution in [0.3, 0.4) is 0 Å². The van der Waals surface area contributed by atoms with E-state index < -0.39 is 0 Å². The Morgan fingerprint density at radius 2 is 1.64 bits per heavy atom. The number of carbonyl (C=O) groups is 2. The first kappa shape index (κ1) is 35.6. The van der Waals surface area contributed by atoms with E-state index >= 15 is 4.79 Å². The van der Waals surface area contributed by atoms with Crippen molar-refractivity contribution in [2.75, 3.05) is 44.5 Å². The molecule has 0 unspecified atom stereocenters. The molecule has 1 atom stereocenters. The Morgan fingerprint density at radius 3 is 2.43 bits per heavy atom. The summed E-state index contributed by atoms with van der Waals surface area (Å²) >= 11 is 0. The van der Waals surface area contributed by atoms with Gasteiger partial charge in [0.15, 0.2) is 11.5 Å². The van der Waals surface area contributed by atoms with Crippen molar-refractivity contribution in [1.29, 1.82) is 0 Å². The number of anilines is 2. The van der Waals surface area contributed by atoms with Crippen LogP contribution in [0, 0.1) is 0 Å². The molecule has 0 aliphatic carbocycles. The number of benzene rings is 3. The van der Waals surface area contributed by atoms with E-state index in [4.69, 9.17) is 19.2 Å². The molecule has 1 N–H and O–H groups in total. The predicted molar refractivity (Wildman–Crippen MR) is 213 cm³/mol. The second-order valence-corrected chi connectivity index (χ2v) is 14.8. The Bertz CT molecular complexity index is 2460. The van der Waals surface area contributed by atoms with Crippen LogP contribution in [0.5, 0.6) is 17.2 Å². The lowest BCUT2D eigenvalue weighted by Crippen LogP contribution is -2.42. The second kappa shape index (κ2) is 14.5. The SMILES string of the molecule is C[C@@H]1Cc2ccccc2CN1C(=O)c1cc2c(cc1-c1cc(C(=O)N(c3ccc(O)cc3)c3cnc4c(ccn4C)c3)c(CCN3CCOCC3)n1C)OCO2. The minimum absolute atomic E-state index is 0.0280. The number of pyridine rings is 1. The molecule has 3 aromatic carbocycles. The topological polar surface area (TPSA) is 115 Å². The number of amides is 2. The van der Waals surface area contributed by atoms with Gasteiger partial charge in [-0.25, -0.2) is 4.98 Å². The molecule has 3 aliphatic rings. The number of ether oxygens (including phenoxy) is 3. The monoisotopic (exact) mass is 752 g/mol. The van der Waals surface area contributed by atoms with Gasteiger partial charge < -0.3 is 33.4 Å². The lowest BCUT2D eigenvalue weighted by atomic mass is 9.93. The first-order valence-electron chi connectivity index (χ1n) is 19.1. The summed E-state index contributed by atoms with van der Waals surface area (Å²) in [6, 6.07) is 24.4. The lowest BCUT2D eigenvalue weighted by molar-refractivity contribution is 0.0382. The fourth-order valence-electron chi connectivity index (χ4n) is 8.28. The highest BCUT2D eigenvalue weighted by Gasteiger charge is 2.33. The van der Waals surface area contributed by atoms with E-state index in [1.54, 1.807) is 41.4 Å². The van der Waals surface area contributed by atoms with Crippen molar-refractivity contribution in [2.45, 2.75) is 32.4 Å². The molecule has 6 heterocycles. The molecule has 1 fully saturated rings. The third-order valence-electron chi connectivity index (χ3n) is 11.4. The summed E-state index contributed by atoms with van der Waals surface area (Å²) in [5.41, 5.74) is 7.51. The number of hydrogen-bond acceptors (Lipinski definition) is 8. The Hall–Kier alpha value is -6.11. The lowest BCUT2D eigenvalue weighted by Gasteiger charge is -2.35. The highest BCUT2D eigenvalue weighted by Crippen LogP contribution is 2.42. The number of aromatic nitrogens is 3. The first-order valence-corrected chi connectivity index (χ1v) is 19.1. The standard InChI is InChI=1S/C44H44N6O6/c1-28-20-29-6-4-5-7-31(29)26-49(28)43(52)36-24-41-40(55-27-56-41)23-35(36)39-22-37(38(47(39)3)13-15-48-16-18-54-19-17-48)44(53)50(32-8-10-34(51)11-9-32)33-21-30-12-14-46(2)42(30)45-25-33/h4-12,14,21-25,28,51H,13,15-20,26-27H2,1-3H3/t28-/m1/s1. The van der Waals surface area contributed by atoms with Crippen LogP contribution >= 0.6 is 0 Å². The summed E-state index contributed by atoms with van der Waals surface area (Å²) in [5.74, 6) is 0.782. The van der Waals surface area contributed by atoms with Crippen LogP contribution in [0.1, 0.15) is 44.5 Å². The summed E-state index contributed by atoms with van der Waals surface area (Å²) in [7, 11) is 3.89. The summed E-state index contributed by atoms with van der Waals surface area (Å²) in [6.45, 7) is 6.29. The van der Waals surface area contributed by atoms with Crippen LogP contribution in [0.4, 0.5) is 11.4 Å². The molecular formula is C44H44N6O6. The van der Waals surface area contributed by atoms with Crippen molar-refractivity contribution < 1.29 is 28.9 Å². The minimum Gasteiger partial charge on any atom is -0.508 e. The molecule has 56 heavy (non-hydrogen) atoms. The average Bonchev–Trinajstić information content (AvgIpc) is 3.93. The number of nitrogens with zero attached hydrogens (tertiary/aromatic N) is 6. The van der Waals surface area contributed by atoms with Gasteiger partial charge in [-0.05, 0) is 79.1 Å². The van der Waals surface area contributed by atoms with Crippen molar-refractivity contribution in [1.82, 2.24) is 23.9 Å². The molecule has 9 rings (SSSR count). The number of morpholine rings is 1. The highest BCUT2D eigenvalue weighted by atomic mass is 16.7. The number of carbonyl (C=O) groups excluding carboxylic acids is 2. The van der Waals surface area contributed by atoms with Gasteiger partial charge in [0.25, 0.3) is 11.8 Å². The van der Waals surface area contributed by atoms with Gasteiger partial charge >= 0.3 is 0 Å². The fourth-order valence-corrected chi connectivity index (χ4v) is 8.28. The summed E-state index contributed by atoms with van der Waals surface area (Å²) in [5, 5.41) is 11.1. The van der Waals surface area contributed by atoms with E-state index in [-0.39, 0.29) is 30.4 Å². The van der Waals surface area contributed by atoms with Crippen molar-refractivity contribution in [2.24, 2.45) is 14.1 Å². The average molecular weight is 753 g/mol. The van der Waals surface area contributed by atoms with E-state index in [1.807, 2.05) is 70.7 Å². The molecule has 12 heteroatoms. The van der Waals surface area contributed by atoms with Crippen molar-refractivity contribution >= 4 is 34.2 Å². The Balaban J connectivity index is 1.18. The van der Waals surface area contributed by atoms with Crippen LogP contribution in [0.2, 0.25) is 0 Å². The zero-order valence-corrected chi connectivity index (χ0v) is 31.8. The zero-order valence-electron chi connectivity index (χ0n) is 31.8. The second-order valence-electron chi connectivity index (χ2n) is 14.8. The number of rotatable bonds is 8. The number of phenols is 1. The van der Waals surface area contributed by atoms with Crippen LogP contribution in [0.15, 0.2) is 91.3 Å². The van der Waals surface area contributed by atoms with E-state index in [0.717, 1.165) is 48.3 Å². The molecule has 286 valence electrons. The van der Waals surface area contributed by atoms with Crippen LogP contribution in [-0.2, 0) is 38.2 Å². The van der Waals surface area contributed by atoms with Crippen LogP contribution in [-0.4, -0.2) is 86.5 Å². The molecule has 1 saturated heterocycles. The Labute approximate surface area is 325 Å². The maximum Gasteiger partial charge on any atom is 0.264 e. The van der Waals surface area contributed by atoms with Gasteiger partial charge in [-0.3, -0.25) is 19.4 Å². The van der Waals surface area contributed by atoms with E-state index in [9.17, 15) is 9.90 Å². The number of phenolic OH excluding ortho intramolecular Hbond substituents is 1. The van der Waals surface area contributed by atoms with Crippen LogP contribution in [0.25, 0.3) is 22.3 Å². The van der Waals surface area contributed by atoms with Crippen molar-refractivity contribution in [3.05, 3.63) is 119 Å². The minimum atomic E-state index is -0.263. The number of hydrogen-bond donors (Lipinski definition) is 1. The summed E-state index contributed by atoms with van der Waals surface area (Å²) in [4.78, 5) is 40.8. The predicted octanol–water partition coefficient (Wildman–Crippen LogP) is 6.45. The van der Waals surface area contributed by atoms with Crippen LogP contribution < -0.4 is 14.4 Å². The highest BCUT2D eigenvalue weighted by molar-refractivity contribution is 6.13. The molecule has 0 spiro atoms. The van der Waals surface area contributed by atoms with E-state index in [2.05, 4.69) is 24.0 Å². The van der Waals surface area contributed by atoms with Gasteiger partial charge in [0, 0.05) is 87.0 Å². The third kappa shape index (κ3) is 6.44. The maximum absolute atomic E-state index is 15.3. The van der Waals surface area contributed by atoms with Crippen molar-refractivity contribution in [3.8, 4) is 28.5 Å². The van der Waals surface area contributed by atoms with Gasteiger partial charge in [0.2, 0.25) is 6.79 Å². The molecule has 0 saturated carbocycles. The molecule has 0 bridgehead atoms. The molecule has 3 aliphatic heterocycles. The summed E-state index contributed by atoms with van der Waals surface area (Å²) in [6.07, 6.45) is 4.98. The molecule has 12 nitrogen and oxygen atoms in total. The first-order chi connectivity index (χ1) is 27.2. The normalized spacial score (nSPS) is 16.6. The van der Waals surface area contributed by atoms with Crippen molar-refractivity contribution in [3.63, 3.8) is 0 Å². The fraction of sp³-hybridized carbons (Fsp3) is 0.295. The molecule has 6 aromatic rings.